The van der Waals surface area contributed by atoms with Gasteiger partial charge in [-0.3, -0.25) is 9.69 Å². The lowest BCUT2D eigenvalue weighted by molar-refractivity contribution is -0.138. The number of hydrogen-bond donors (Lipinski definition) is 1. The molecule has 0 amide bonds. The molecule has 1 atom stereocenters. The molecular weight excluding hydrogens is 186 g/mol. The maximum atomic E-state index is 10.5. The maximum Gasteiger partial charge on any atom is 0.317 e. The van der Waals surface area contributed by atoms with Crippen molar-refractivity contribution in [3.63, 3.8) is 0 Å². The largest absolute Gasteiger partial charge is 0.480 e. The van der Waals surface area contributed by atoms with E-state index in [1.807, 2.05) is 6.92 Å². The van der Waals surface area contributed by atoms with Crippen molar-refractivity contribution in [2.24, 2.45) is 0 Å². The van der Waals surface area contributed by atoms with Crippen molar-refractivity contribution in [3.8, 4) is 0 Å². The van der Waals surface area contributed by atoms with Gasteiger partial charge in [0.25, 0.3) is 0 Å². The molecule has 1 N–H and O–H groups in total. The van der Waals surface area contributed by atoms with Crippen LogP contribution in [-0.2, 0) is 14.3 Å². The Morgan fingerprint density at radius 3 is 2.57 bits per heavy atom. The Balaban J connectivity index is 3.89. The highest BCUT2D eigenvalue weighted by molar-refractivity contribution is 5.69. The number of carboxylic acid groups (broad SMARTS) is 1. The SMILES string of the molecule is COCCN(CC(=O)O)CC(C)OC. The van der Waals surface area contributed by atoms with Gasteiger partial charge in [-0.05, 0) is 6.92 Å². The molecular formula is C9H19NO4. The smallest absolute Gasteiger partial charge is 0.317 e. The van der Waals surface area contributed by atoms with Crippen LogP contribution in [0, 0.1) is 0 Å². The molecule has 0 saturated carbocycles. The van der Waals surface area contributed by atoms with Crippen LogP contribution in [0.4, 0.5) is 0 Å². The minimum Gasteiger partial charge on any atom is -0.480 e. The normalized spacial score (nSPS) is 13.1. The second-order valence-electron chi connectivity index (χ2n) is 3.17. The van der Waals surface area contributed by atoms with E-state index in [9.17, 15) is 4.79 Å². The summed E-state index contributed by atoms with van der Waals surface area (Å²) in [5.41, 5.74) is 0. The van der Waals surface area contributed by atoms with E-state index in [1.54, 1.807) is 19.1 Å². The molecule has 0 aromatic rings. The Labute approximate surface area is 84.6 Å². The van der Waals surface area contributed by atoms with Crippen molar-refractivity contribution in [3.05, 3.63) is 0 Å². The molecule has 5 heteroatoms. The summed E-state index contributed by atoms with van der Waals surface area (Å²) < 4.78 is 9.96. The zero-order valence-corrected chi connectivity index (χ0v) is 9.02. The van der Waals surface area contributed by atoms with Crippen LogP contribution in [0.2, 0.25) is 0 Å². The Kier molecular flexibility index (Phi) is 7.37. The summed E-state index contributed by atoms with van der Waals surface area (Å²) in [6.07, 6.45) is 0.0335. The number of methoxy groups -OCH3 is 2. The summed E-state index contributed by atoms with van der Waals surface area (Å²) in [6, 6.07) is 0. The molecule has 0 saturated heterocycles. The van der Waals surface area contributed by atoms with Crippen LogP contribution in [0.3, 0.4) is 0 Å². The molecule has 0 bridgehead atoms. The van der Waals surface area contributed by atoms with Gasteiger partial charge in [-0.1, -0.05) is 0 Å². The highest BCUT2D eigenvalue weighted by Gasteiger charge is 2.12. The molecule has 5 nitrogen and oxygen atoms in total. The molecule has 84 valence electrons. The number of aliphatic carboxylic acids is 1. The Morgan fingerprint density at radius 1 is 1.50 bits per heavy atom. The molecule has 1 unspecified atom stereocenters. The Bertz CT molecular complexity index is 163. The molecule has 0 heterocycles. The lowest BCUT2D eigenvalue weighted by Crippen LogP contribution is -2.38. The highest BCUT2D eigenvalue weighted by Crippen LogP contribution is 1.95. The third kappa shape index (κ3) is 6.82. The van der Waals surface area contributed by atoms with Crippen LogP contribution in [0.1, 0.15) is 6.92 Å². The van der Waals surface area contributed by atoms with Crippen molar-refractivity contribution >= 4 is 5.97 Å². The molecule has 0 radical (unpaired) electrons. The van der Waals surface area contributed by atoms with Crippen molar-refractivity contribution in [2.45, 2.75) is 13.0 Å². The topological polar surface area (TPSA) is 59.0 Å². The van der Waals surface area contributed by atoms with Crippen LogP contribution in [0.15, 0.2) is 0 Å². The predicted octanol–water partition coefficient (Wildman–Crippen LogP) is 0.0543. The van der Waals surface area contributed by atoms with Gasteiger partial charge in [-0.25, -0.2) is 0 Å². The number of rotatable bonds is 8. The molecule has 0 aromatic heterocycles. The van der Waals surface area contributed by atoms with Crippen LogP contribution in [-0.4, -0.2) is 62.5 Å². The first kappa shape index (κ1) is 13.4. The minimum absolute atomic E-state index is 0.0249. The molecule has 0 rings (SSSR count). The van der Waals surface area contributed by atoms with Gasteiger partial charge in [-0.2, -0.15) is 0 Å². The van der Waals surface area contributed by atoms with E-state index in [4.69, 9.17) is 14.6 Å². The van der Waals surface area contributed by atoms with Crippen molar-refractivity contribution in [1.29, 1.82) is 0 Å². The summed E-state index contributed by atoms with van der Waals surface area (Å²) in [4.78, 5) is 12.3. The number of nitrogens with zero attached hydrogens (tertiary/aromatic N) is 1. The van der Waals surface area contributed by atoms with E-state index in [0.717, 1.165) is 0 Å². The van der Waals surface area contributed by atoms with E-state index in [1.165, 1.54) is 0 Å². The quantitative estimate of drug-likeness (QED) is 0.607. The number of carboxylic acids is 1. The molecule has 0 aliphatic carbocycles. The third-order valence-electron chi connectivity index (χ3n) is 1.89. The fourth-order valence-corrected chi connectivity index (χ4v) is 1.08. The summed E-state index contributed by atoms with van der Waals surface area (Å²) in [7, 11) is 3.21. The second kappa shape index (κ2) is 7.73. The van der Waals surface area contributed by atoms with E-state index in [2.05, 4.69) is 0 Å². The molecule has 0 aromatic carbocycles. The van der Waals surface area contributed by atoms with Crippen LogP contribution >= 0.6 is 0 Å². The third-order valence-corrected chi connectivity index (χ3v) is 1.89. The zero-order valence-electron chi connectivity index (χ0n) is 9.02. The lowest BCUT2D eigenvalue weighted by Gasteiger charge is -2.22. The van der Waals surface area contributed by atoms with E-state index in [0.29, 0.717) is 19.7 Å². The average molecular weight is 205 g/mol. The van der Waals surface area contributed by atoms with Crippen LogP contribution < -0.4 is 0 Å². The van der Waals surface area contributed by atoms with Gasteiger partial charge in [0, 0.05) is 27.3 Å². The summed E-state index contributed by atoms with van der Waals surface area (Å²) in [6.45, 7) is 3.67. The maximum absolute atomic E-state index is 10.5. The van der Waals surface area contributed by atoms with Crippen molar-refractivity contribution in [2.75, 3.05) is 40.5 Å². The van der Waals surface area contributed by atoms with Gasteiger partial charge in [0.05, 0.1) is 19.3 Å². The molecule has 0 aliphatic rings. The summed E-state index contributed by atoms with van der Waals surface area (Å²) in [5.74, 6) is -0.829. The first-order valence-corrected chi connectivity index (χ1v) is 4.56. The molecule has 0 spiro atoms. The molecule has 0 fully saturated rings. The standard InChI is InChI=1S/C9H19NO4/c1-8(14-3)6-10(4-5-13-2)7-9(11)12/h8H,4-7H2,1-3H3,(H,11,12). The average Bonchev–Trinajstić information content (AvgIpc) is 2.13. The zero-order chi connectivity index (χ0) is 11.0. The number of ether oxygens (including phenoxy) is 2. The predicted molar refractivity (Wildman–Crippen MR) is 52.4 cm³/mol. The van der Waals surface area contributed by atoms with Crippen molar-refractivity contribution in [1.82, 2.24) is 4.90 Å². The van der Waals surface area contributed by atoms with E-state index in [-0.39, 0.29) is 12.6 Å². The number of hydrogen-bond acceptors (Lipinski definition) is 4. The lowest BCUT2D eigenvalue weighted by atomic mass is 10.3. The van der Waals surface area contributed by atoms with Crippen LogP contribution in [0.25, 0.3) is 0 Å². The fourth-order valence-electron chi connectivity index (χ4n) is 1.08. The Morgan fingerprint density at radius 2 is 2.14 bits per heavy atom. The summed E-state index contributed by atoms with van der Waals surface area (Å²) >= 11 is 0. The van der Waals surface area contributed by atoms with Gasteiger partial charge in [0.2, 0.25) is 0 Å². The first-order valence-electron chi connectivity index (χ1n) is 4.56. The van der Waals surface area contributed by atoms with Crippen LogP contribution in [0.5, 0.6) is 0 Å². The summed E-state index contributed by atoms with van der Waals surface area (Å²) in [5, 5.41) is 8.65. The molecule has 14 heavy (non-hydrogen) atoms. The Hall–Kier alpha value is -0.650. The van der Waals surface area contributed by atoms with Gasteiger partial charge < -0.3 is 14.6 Å². The monoisotopic (exact) mass is 205 g/mol. The molecule has 0 aliphatic heterocycles. The van der Waals surface area contributed by atoms with Gasteiger partial charge in [0.1, 0.15) is 0 Å². The van der Waals surface area contributed by atoms with Gasteiger partial charge in [-0.15, -0.1) is 0 Å². The fraction of sp³-hybridized carbons (Fsp3) is 0.889. The minimum atomic E-state index is -0.829. The highest BCUT2D eigenvalue weighted by atomic mass is 16.5. The first-order chi connectivity index (χ1) is 6.60. The van der Waals surface area contributed by atoms with Gasteiger partial charge in [0.15, 0.2) is 0 Å². The van der Waals surface area contributed by atoms with E-state index >= 15 is 0 Å². The van der Waals surface area contributed by atoms with E-state index < -0.39 is 5.97 Å². The number of carbonyl (C=O) groups is 1. The van der Waals surface area contributed by atoms with Crippen molar-refractivity contribution < 1.29 is 19.4 Å². The van der Waals surface area contributed by atoms with Gasteiger partial charge >= 0.3 is 5.97 Å². The second-order valence-corrected chi connectivity index (χ2v) is 3.17.